The number of aromatic nitrogens is 2. The Kier molecular flexibility index (Phi) is 4.99. The molecule has 4 nitrogen and oxygen atoms in total. The monoisotopic (exact) mass is 277 g/mol. The minimum absolute atomic E-state index is 0.626. The molecule has 19 heavy (non-hydrogen) atoms. The zero-order chi connectivity index (χ0) is 13.7. The van der Waals surface area contributed by atoms with Crippen LogP contribution in [0.1, 0.15) is 25.0 Å². The summed E-state index contributed by atoms with van der Waals surface area (Å²) in [6, 6.07) is 2.16. The van der Waals surface area contributed by atoms with Crippen LogP contribution in [0.15, 0.2) is 39.4 Å². The molecule has 0 atom stereocenters. The van der Waals surface area contributed by atoms with Crippen LogP contribution in [0.4, 0.5) is 0 Å². The summed E-state index contributed by atoms with van der Waals surface area (Å²) in [5.74, 6) is 0.661. The van der Waals surface area contributed by atoms with E-state index in [0.717, 1.165) is 23.7 Å². The molecule has 0 aliphatic rings. The standard InChI is InChI=1S/C14H19N3OS/c1-10(2)7-15-8-12-6-11(3)13(17-9-12)19-14-16-4-5-18-14/h4-6,9-10,15H,7-8H2,1-3H3. The van der Waals surface area contributed by atoms with E-state index in [1.807, 2.05) is 6.20 Å². The smallest absolute Gasteiger partial charge is 0.261 e. The largest absolute Gasteiger partial charge is 0.440 e. The molecule has 0 bridgehead atoms. The van der Waals surface area contributed by atoms with Crippen LogP contribution < -0.4 is 5.32 Å². The molecule has 0 aliphatic carbocycles. The van der Waals surface area contributed by atoms with Crippen molar-refractivity contribution in [2.24, 2.45) is 5.92 Å². The van der Waals surface area contributed by atoms with Crippen molar-refractivity contribution < 1.29 is 4.42 Å². The summed E-state index contributed by atoms with van der Waals surface area (Å²) in [4.78, 5) is 8.56. The van der Waals surface area contributed by atoms with Crippen molar-refractivity contribution in [3.05, 3.63) is 35.9 Å². The number of pyridine rings is 1. The summed E-state index contributed by atoms with van der Waals surface area (Å²) in [6.45, 7) is 8.34. The van der Waals surface area contributed by atoms with Crippen LogP contribution in [-0.2, 0) is 6.54 Å². The molecule has 0 saturated carbocycles. The van der Waals surface area contributed by atoms with E-state index >= 15 is 0 Å². The van der Waals surface area contributed by atoms with Gasteiger partial charge in [0.2, 0.25) is 0 Å². The van der Waals surface area contributed by atoms with Gasteiger partial charge >= 0.3 is 0 Å². The summed E-state index contributed by atoms with van der Waals surface area (Å²) < 4.78 is 5.21. The van der Waals surface area contributed by atoms with E-state index in [1.54, 1.807) is 12.5 Å². The number of rotatable bonds is 6. The molecule has 2 aromatic heterocycles. The fraction of sp³-hybridized carbons (Fsp3) is 0.429. The molecule has 0 spiro atoms. The lowest BCUT2D eigenvalue weighted by atomic mass is 10.2. The van der Waals surface area contributed by atoms with Gasteiger partial charge in [0.15, 0.2) is 0 Å². The number of nitrogens with one attached hydrogen (secondary N) is 1. The molecule has 0 aliphatic heterocycles. The van der Waals surface area contributed by atoms with Crippen molar-refractivity contribution in [2.45, 2.75) is 37.6 Å². The lowest BCUT2D eigenvalue weighted by molar-refractivity contribution is 0.454. The van der Waals surface area contributed by atoms with Crippen LogP contribution in [0.5, 0.6) is 0 Å². The summed E-state index contributed by atoms with van der Waals surface area (Å²) >= 11 is 1.45. The third kappa shape index (κ3) is 4.36. The highest BCUT2D eigenvalue weighted by Gasteiger charge is 2.07. The molecule has 0 unspecified atom stereocenters. The molecule has 5 heteroatoms. The number of hydrogen-bond acceptors (Lipinski definition) is 5. The highest BCUT2D eigenvalue weighted by molar-refractivity contribution is 7.99. The van der Waals surface area contributed by atoms with Gasteiger partial charge in [0.05, 0.1) is 6.20 Å². The van der Waals surface area contributed by atoms with Crippen molar-refractivity contribution in [2.75, 3.05) is 6.54 Å². The first-order valence-corrected chi connectivity index (χ1v) is 7.20. The maximum absolute atomic E-state index is 5.21. The molecule has 2 aromatic rings. The van der Waals surface area contributed by atoms with Crippen LogP contribution in [0.2, 0.25) is 0 Å². The zero-order valence-corrected chi connectivity index (χ0v) is 12.3. The lowest BCUT2D eigenvalue weighted by Gasteiger charge is -2.09. The highest BCUT2D eigenvalue weighted by Crippen LogP contribution is 2.27. The first-order chi connectivity index (χ1) is 9.15. The van der Waals surface area contributed by atoms with Gasteiger partial charge < -0.3 is 9.73 Å². The lowest BCUT2D eigenvalue weighted by Crippen LogP contribution is -2.19. The number of nitrogens with zero attached hydrogens (tertiary/aromatic N) is 2. The molecule has 1 N–H and O–H groups in total. The van der Waals surface area contributed by atoms with Gasteiger partial charge in [0, 0.05) is 12.7 Å². The Labute approximate surface area is 118 Å². The molecular weight excluding hydrogens is 258 g/mol. The average Bonchev–Trinajstić information content (AvgIpc) is 2.85. The van der Waals surface area contributed by atoms with Crippen LogP contribution in [0.25, 0.3) is 0 Å². The topological polar surface area (TPSA) is 51.0 Å². The molecule has 2 rings (SSSR count). The predicted molar refractivity (Wildman–Crippen MR) is 76.1 cm³/mol. The third-order valence-electron chi connectivity index (χ3n) is 2.56. The first-order valence-electron chi connectivity index (χ1n) is 6.38. The second kappa shape index (κ2) is 6.73. The van der Waals surface area contributed by atoms with E-state index in [0.29, 0.717) is 11.1 Å². The van der Waals surface area contributed by atoms with Gasteiger partial charge in [-0.05, 0) is 42.3 Å². The van der Waals surface area contributed by atoms with Gasteiger partial charge in [0.1, 0.15) is 11.3 Å². The maximum atomic E-state index is 5.21. The van der Waals surface area contributed by atoms with Crippen molar-refractivity contribution in [1.29, 1.82) is 0 Å². The van der Waals surface area contributed by atoms with E-state index < -0.39 is 0 Å². The average molecular weight is 277 g/mol. The van der Waals surface area contributed by atoms with E-state index in [9.17, 15) is 0 Å². The van der Waals surface area contributed by atoms with E-state index in [2.05, 4.69) is 42.1 Å². The van der Waals surface area contributed by atoms with Crippen LogP contribution >= 0.6 is 11.8 Å². The maximum Gasteiger partial charge on any atom is 0.261 e. The molecule has 0 aromatic carbocycles. The van der Waals surface area contributed by atoms with Crippen molar-refractivity contribution in [1.82, 2.24) is 15.3 Å². The predicted octanol–water partition coefficient (Wildman–Crippen LogP) is 3.27. The van der Waals surface area contributed by atoms with Crippen LogP contribution in [-0.4, -0.2) is 16.5 Å². The summed E-state index contributed by atoms with van der Waals surface area (Å²) in [6.07, 6.45) is 5.12. The zero-order valence-electron chi connectivity index (χ0n) is 11.5. The molecule has 0 radical (unpaired) electrons. The van der Waals surface area contributed by atoms with Gasteiger partial charge in [-0.15, -0.1) is 0 Å². The van der Waals surface area contributed by atoms with Crippen molar-refractivity contribution in [3.63, 3.8) is 0 Å². The second-order valence-corrected chi connectivity index (χ2v) is 5.83. The normalized spacial score (nSPS) is 11.2. The third-order valence-corrected chi connectivity index (χ3v) is 3.56. The van der Waals surface area contributed by atoms with Gasteiger partial charge in [-0.2, -0.15) is 0 Å². The van der Waals surface area contributed by atoms with Crippen molar-refractivity contribution in [3.8, 4) is 0 Å². The molecule has 0 saturated heterocycles. The number of hydrogen-bond donors (Lipinski definition) is 1. The first kappa shape index (κ1) is 14.1. The molecular formula is C14H19N3OS. The Bertz CT molecular complexity index is 511. The van der Waals surface area contributed by atoms with Gasteiger partial charge in [-0.3, -0.25) is 0 Å². The SMILES string of the molecule is Cc1cc(CNCC(C)C)cnc1Sc1ncco1. The van der Waals surface area contributed by atoms with Gasteiger partial charge in [-0.1, -0.05) is 19.9 Å². The Morgan fingerprint density at radius 3 is 2.84 bits per heavy atom. The summed E-state index contributed by atoms with van der Waals surface area (Å²) in [5, 5.41) is 4.98. The fourth-order valence-corrected chi connectivity index (χ4v) is 2.38. The quantitative estimate of drug-likeness (QED) is 0.878. The number of aryl methyl sites for hydroxylation is 1. The van der Waals surface area contributed by atoms with Gasteiger partial charge in [0.25, 0.3) is 5.22 Å². The van der Waals surface area contributed by atoms with E-state index in [4.69, 9.17) is 4.42 Å². The van der Waals surface area contributed by atoms with E-state index in [1.165, 1.54) is 17.3 Å². The summed E-state index contributed by atoms with van der Waals surface area (Å²) in [7, 11) is 0. The van der Waals surface area contributed by atoms with Gasteiger partial charge in [-0.25, -0.2) is 9.97 Å². The molecule has 2 heterocycles. The Balaban J connectivity index is 1.97. The Hall–Kier alpha value is -1.33. The minimum atomic E-state index is 0.626. The minimum Gasteiger partial charge on any atom is -0.440 e. The fourth-order valence-electron chi connectivity index (χ4n) is 1.67. The summed E-state index contributed by atoms with van der Waals surface area (Å²) in [5.41, 5.74) is 2.35. The molecule has 102 valence electrons. The Morgan fingerprint density at radius 2 is 2.21 bits per heavy atom. The number of oxazole rings is 1. The Morgan fingerprint density at radius 1 is 1.37 bits per heavy atom. The van der Waals surface area contributed by atoms with Crippen molar-refractivity contribution >= 4 is 11.8 Å². The van der Waals surface area contributed by atoms with E-state index in [-0.39, 0.29) is 0 Å². The highest BCUT2D eigenvalue weighted by atomic mass is 32.2. The molecule has 0 fully saturated rings. The second-order valence-electron chi connectivity index (χ2n) is 4.89. The molecule has 0 amide bonds. The van der Waals surface area contributed by atoms with Crippen LogP contribution in [0, 0.1) is 12.8 Å². The van der Waals surface area contributed by atoms with Crippen LogP contribution in [0.3, 0.4) is 0 Å².